The zero-order chi connectivity index (χ0) is 19.9. The average molecular weight is 367 g/mol. The first kappa shape index (κ1) is 20.0. The van der Waals surface area contributed by atoms with E-state index >= 15 is 0 Å². The Hall–Kier alpha value is -2.78. The average Bonchev–Trinajstić information content (AvgIpc) is 2.73. The third-order valence-electron chi connectivity index (χ3n) is 5.78. The molecular weight excluding hydrogens is 336 g/mol. The topological polar surface area (TPSA) is 0 Å². The molecule has 0 nitrogen and oxygen atoms in total. The summed E-state index contributed by atoms with van der Waals surface area (Å²) in [7, 11) is 0. The fraction of sp³-hybridized carbons (Fsp3) is 0.286. The third kappa shape index (κ3) is 4.93. The summed E-state index contributed by atoms with van der Waals surface area (Å²) in [6.07, 6.45) is 35.2. The van der Waals surface area contributed by atoms with Crippen molar-refractivity contribution < 1.29 is 0 Å². The maximum Gasteiger partial charge on any atom is -0.00430 e. The first-order valence-corrected chi connectivity index (χ1v) is 10.2. The first-order valence-electron chi connectivity index (χ1n) is 10.2. The minimum absolute atomic E-state index is 0.492. The van der Waals surface area contributed by atoms with Crippen LogP contribution in [0.2, 0.25) is 0 Å². The predicted octanol–water partition coefficient (Wildman–Crippen LogP) is 7.21. The van der Waals surface area contributed by atoms with Crippen LogP contribution in [0.5, 0.6) is 0 Å². The molecule has 142 valence electrons. The SMILES string of the molecule is C#CC=C(C=C(C)C1=CC=CC(C)C1)C1=CC(C2C=CC=C(C=C)C2)CC=C1. The van der Waals surface area contributed by atoms with E-state index in [4.69, 9.17) is 6.42 Å². The molecule has 3 atom stereocenters. The van der Waals surface area contributed by atoms with Gasteiger partial charge in [-0.1, -0.05) is 86.3 Å². The van der Waals surface area contributed by atoms with Crippen molar-refractivity contribution in [2.45, 2.75) is 33.1 Å². The molecule has 0 spiro atoms. The van der Waals surface area contributed by atoms with E-state index in [0.717, 1.165) is 24.8 Å². The Balaban J connectivity index is 1.84. The molecule has 3 rings (SSSR count). The Bertz CT molecular complexity index is 896. The van der Waals surface area contributed by atoms with Crippen molar-refractivity contribution in [3.63, 3.8) is 0 Å². The van der Waals surface area contributed by atoms with Crippen LogP contribution < -0.4 is 0 Å². The molecule has 0 saturated carbocycles. The van der Waals surface area contributed by atoms with Gasteiger partial charge in [0.15, 0.2) is 0 Å². The van der Waals surface area contributed by atoms with Crippen LogP contribution in [-0.2, 0) is 0 Å². The van der Waals surface area contributed by atoms with Gasteiger partial charge in [0, 0.05) is 0 Å². The van der Waals surface area contributed by atoms with Crippen LogP contribution in [0.15, 0.2) is 107 Å². The van der Waals surface area contributed by atoms with Gasteiger partial charge >= 0.3 is 0 Å². The number of hydrogen-bond donors (Lipinski definition) is 0. The molecule has 0 aromatic carbocycles. The Morgan fingerprint density at radius 1 is 1.18 bits per heavy atom. The lowest BCUT2D eigenvalue weighted by atomic mass is 9.78. The zero-order valence-electron chi connectivity index (χ0n) is 17.1. The summed E-state index contributed by atoms with van der Waals surface area (Å²) in [6, 6.07) is 0. The van der Waals surface area contributed by atoms with Crippen molar-refractivity contribution in [2.24, 2.45) is 17.8 Å². The second-order valence-corrected chi connectivity index (χ2v) is 7.97. The first-order chi connectivity index (χ1) is 13.6. The molecular formula is C28H30. The van der Waals surface area contributed by atoms with Gasteiger partial charge in [0.05, 0.1) is 0 Å². The van der Waals surface area contributed by atoms with Crippen molar-refractivity contribution in [3.8, 4) is 12.3 Å². The Morgan fingerprint density at radius 2 is 2.00 bits per heavy atom. The normalized spacial score (nSPS) is 27.6. The Labute approximate surface area is 170 Å². The molecule has 28 heavy (non-hydrogen) atoms. The highest BCUT2D eigenvalue weighted by atomic mass is 14.3. The van der Waals surface area contributed by atoms with E-state index < -0.39 is 0 Å². The molecule has 0 heterocycles. The zero-order valence-corrected chi connectivity index (χ0v) is 17.1. The number of allylic oxidation sites excluding steroid dienone is 17. The second kappa shape index (κ2) is 9.43. The molecule has 0 aliphatic heterocycles. The van der Waals surface area contributed by atoms with Crippen LogP contribution in [0, 0.1) is 30.1 Å². The van der Waals surface area contributed by atoms with Crippen LogP contribution in [0.1, 0.15) is 33.1 Å². The van der Waals surface area contributed by atoms with Crippen LogP contribution >= 0.6 is 0 Å². The van der Waals surface area contributed by atoms with Gasteiger partial charge in [-0.25, -0.2) is 0 Å². The third-order valence-corrected chi connectivity index (χ3v) is 5.78. The molecule has 3 unspecified atom stereocenters. The molecule has 0 aromatic heterocycles. The van der Waals surface area contributed by atoms with Gasteiger partial charge in [-0.2, -0.15) is 0 Å². The quantitative estimate of drug-likeness (QED) is 0.356. The van der Waals surface area contributed by atoms with Gasteiger partial charge in [0.1, 0.15) is 0 Å². The van der Waals surface area contributed by atoms with Gasteiger partial charge in [-0.05, 0) is 77.9 Å². The molecule has 0 aromatic rings. The van der Waals surface area contributed by atoms with Gasteiger partial charge in [0.2, 0.25) is 0 Å². The van der Waals surface area contributed by atoms with E-state index in [2.05, 4.69) is 87.1 Å². The summed E-state index contributed by atoms with van der Waals surface area (Å²) in [5.41, 5.74) is 6.37. The van der Waals surface area contributed by atoms with Crippen LogP contribution in [-0.4, -0.2) is 0 Å². The largest absolute Gasteiger partial charge is 0.115 e. The van der Waals surface area contributed by atoms with E-state index in [0.29, 0.717) is 17.8 Å². The standard InChI is InChI=1S/C28H30/c1-5-10-25(18-22(4)24-13-7-11-21(3)17-24)27-15-9-16-28(20-27)26-14-8-12-23(6-2)19-26/h1,6-15,18,20-21,26,28H,2,16-17,19H2,3-4H3. The number of hydrogen-bond acceptors (Lipinski definition) is 0. The van der Waals surface area contributed by atoms with E-state index in [1.807, 2.05) is 12.2 Å². The van der Waals surface area contributed by atoms with E-state index in [-0.39, 0.29) is 0 Å². The highest BCUT2D eigenvalue weighted by Crippen LogP contribution is 2.35. The summed E-state index contributed by atoms with van der Waals surface area (Å²) < 4.78 is 0. The lowest BCUT2D eigenvalue weighted by molar-refractivity contribution is 0.470. The molecule has 0 radical (unpaired) electrons. The van der Waals surface area contributed by atoms with Gasteiger partial charge in [0.25, 0.3) is 0 Å². The van der Waals surface area contributed by atoms with Crippen molar-refractivity contribution in [3.05, 3.63) is 107 Å². The molecule has 0 heteroatoms. The predicted molar refractivity (Wildman–Crippen MR) is 123 cm³/mol. The Morgan fingerprint density at radius 3 is 2.75 bits per heavy atom. The maximum absolute atomic E-state index is 5.66. The van der Waals surface area contributed by atoms with Crippen LogP contribution in [0.25, 0.3) is 0 Å². The molecule has 0 fully saturated rings. The van der Waals surface area contributed by atoms with Gasteiger partial charge in [-0.15, -0.1) is 6.42 Å². The summed E-state index contributed by atoms with van der Waals surface area (Å²) >= 11 is 0. The molecule has 0 saturated heterocycles. The van der Waals surface area contributed by atoms with E-state index in [9.17, 15) is 0 Å². The lowest BCUT2D eigenvalue weighted by Crippen LogP contribution is -2.15. The highest BCUT2D eigenvalue weighted by Gasteiger charge is 2.21. The molecule has 3 aliphatic rings. The summed E-state index contributed by atoms with van der Waals surface area (Å²) in [5.74, 6) is 4.34. The molecule has 0 N–H and O–H groups in total. The van der Waals surface area contributed by atoms with Crippen molar-refractivity contribution in [2.75, 3.05) is 0 Å². The van der Waals surface area contributed by atoms with E-state index in [1.165, 1.54) is 22.3 Å². The maximum atomic E-state index is 5.66. The van der Waals surface area contributed by atoms with E-state index in [1.54, 1.807) is 0 Å². The fourth-order valence-electron chi connectivity index (χ4n) is 4.13. The minimum Gasteiger partial charge on any atom is -0.115 e. The summed E-state index contributed by atoms with van der Waals surface area (Å²) in [4.78, 5) is 0. The summed E-state index contributed by atoms with van der Waals surface area (Å²) in [5, 5.41) is 0. The Kier molecular flexibility index (Phi) is 6.72. The van der Waals surface area contributed by atoms with Crippen LogP contribution in [0.3, 0.4) is 0 Å². The summed E-state index contributed by atoms with van der Waals surface area (Å²) in [6.45, 7) is 8.38. The fourth-order valence-corrected chi connectivity index (χ4v) is 4.13. The molecule has 0 bridgehead atoms. The van der Waals surface area contributed by atoms with Crippen molar-refractivity contribution in [1.29, 1.82) is 0 Å². The molecule has 3 aliphatic carbocycles. The van der Waals surface area contributed by atoms with Crippen LogP contribution in [0.4, 0.5) is 0 Å². The highest BCUT2D eigenvalue weighted by molar-refractivity contribution is 5.54. The monoisotopic (exact) mass is 366 g/mol. The molecule has 0 amide bonds. The van der Waals surface area contributed by atoms with Crippen molar-refractivity contribution in [1.82, 2.24) is 0 Å². The van der Waals surface area contributed by atoms with Crippen molar-refractivity contribution >= 4 is 0 Å². The number of terminal acetylenes is 1. The minimum atomic E-state index is 0.492. The number of rotatable bonds is 5. The second-order valence-electron chi connectivity index (χ2n) is 7.97. The smallest absolute Gasteiger partial charge is 0.00430 e. The van der Waals surface area contributed by atoms with Gasteiger partial charge < -0.3 is 0 Å². The lowest BCUT2D eigenvalue weighted by Gasteiger charge is -2.26. The van der Waals surface area contributed by atoms with Gasteiger partial charge in [-0.3, -0.25) is 0 Å².